The molecule has 2 rings (SSSR count). The lowest BCUT2D eigenvalue weighted by molar-refractivity contribution is 0.145. The molecule has 1 heterocycles. The lowest BCUT2D eigenvalue weighted by Gasteiger charge is -2.18. The lowest BCUT2D eigenvalue weighted by Crippen LogP contribution is -2.42. The Morgan fingerprint density at radius 2 is 2.00 bits per heavy atom. The first kappa shape index (κ1) is 23.0. The van der Waals surface area contributed by atoms with Gasteiger partial charge in [0.15, 0.2) is 11.8 Å². The molecule has 8 nitrogen and oxygen atoms in total. The zero-order valence-electron chi connectivity index (χ0n) is 17.6. The van der Waals surface area contributed by atoms with Crippen LogP contribution in [0.2, 0.25) is 5.02 Å². The molecule has 1 aromatic heterocycles. The molecule has 0 saturated heterocycles. The zero-order chi connectivity index (χ0) is 21.1. The van der Waals surface area contributed by atoms with Crippen molar-refractivity contribution in [2.45, 2.75) is 39.8 Å². The summed E-state index contributed by atoms with van der Waals surface area (Å²) in [7, 11) is 1.94. The van der Waals surface area contributed by atoms with Crippen LogP contribution in [0.3, 0.4) is 0 Å². The standard InChI is InChI=1S/C20H31ClN6O2/c1-5-28-12-6-11-22-20(24-14-19-26-25-16(3)27(19)4)23-13-15(2)29-18-9-7-17(21)8-10-18/h7-10,15H,5-6,11-14H2,1-4H3,(H2,22,23,24). The molecule has 1 aromatic carbocycles. The van der Waals surface area contributed by atoms with Crippen molar-refractivity contribution in [3.8, 4) is 5.75 Å². The van der Waals surface area contributed by atoms with Crippen molar-refractivity contribution in [3.05, 3.63) is 40.9 Å². The SMILES string of the molecule is CCOCCCNC(=NCc1nnc(C)n1C)NCC(C)Oc1ccc(Cl)cc1. The van der Waals surface area contributed by atoms with Crippen molar-refractivity contribution in [3.63, 3.8) is 0 Å². The maximum atomic E-state index is 5.92. The summed E-state index contributed by atoms with van der Waals surface area (Å²) in [6, 6.07) is 7.34. The van der Waals surface area contributed by atoms with Crippen molar-refractivity contribution in [1.29, 1.82) is 0 Å². The molecule has 0 amide bonds. The Hall–Kier alpha value is -2.32. The van der Waals surface area contributed by atoms with E-state index in [2.05, 4.69) is 25.8 Å². The van der Waals surface area contributed by atoms with E-state index in [4.69, 9.17) is 21.1 Å². The monoisotopic (exact) mass is 422 g/mol. The largest absolute Gasteiger partial charge is 0.489 e. The van der Waals surface area contributed by atoms with Crippen LogP contribution >= 0.6 is 11.6 Å². The van der Waals surface area contributed by atoms with Gasteiger partial charge < -0.3 is 24.7 Å². The molecule has 0 radical (unpaired) electrons. The molecule has 0 aliphatic heterocycles. The van der Waals surface area contributed by atoms with Crippen LogP contribution in [0.25, 0.3) is 0 Å². The number of aliphatic imine (C=N–C) groups is 1. The lowest BCUT2D eigenvalue weighted by atomic mass is 10.3. The highest BCUT2D eigenvalue weighted by Crippen LogP contribution is 2.16. The minimum atomic E-state index is -0.0522. The van der Waals surface area contributed by atoms with E-state index in [1.54, 1.807) is 0 Å². The second-order valence-electron chi connectivity index (χ2n) is 6.63. The van der Waals surface area contributed by atoms with E-state index in [0.29, 0.717) is 24.1 Å². The number of hydrogen-bond acceptors (Lipinski definition) is 5. The summed E-state index contributed by atoms with van der Waals surface area (Å²) >= 11 is 5.92. The third-order valence-electron chi connectivity index (χ3n) is 4.23. The van der Waals surface area contributed by atoms with E-state index < -0.39 is 0 Å². The Morgan fingerprint density at radius 1 is 1.24 bits per heavy atom. The number of guanidine groups is 1. The van der Waals surface area contributed by atoms with Crippen molar-refractivity contribution in [1.82, 2.24) is 25.4 Å². The number of benzene rings is 1. The van der Waals surface area contributed by atoms with Crippen LogP contribution in [0.4, 0.5) is 0 Å². The summed E-state index contributed by atoms with van der Waals surface area (Å²) < 4.78 is 13.2. The molecule has 1 atom stereocenters. The molecule has 9 heteroatoms. The molecule has 0 fully saturated rings. The first-order chi connectivity index (χ1) is 14.0. The molecular weight excluding hydrogens is 392 g/mol. The molecule has 0 bridgehead atoms. The van der Waals surface area contributed by atoms with Crippen molar-refractivity contribution in [2.24, 2.45) is 12.0 Å². The summed E-state index contributed by atoms with van der Waals surface area (Å²) in [5.74, 6) is 3.15. The number of aromatic nitrogens is 3. The van der Waals surface area contributed by atoms with E-state index in [1.807, 2.05) is 56.7 Å². The van der Waals surface area contributed by atoms with Crippen molar-refractivity contribution < 1.29 is 9.47 Å². The van der Waals surface area contributed by atoms with Crippen LogP contribution in [0.1, 0.15) is 31.9 Å². The molecule has 0 aliphatic carbocycles. The van der Waals surface area contributed by atoms with E-state index in [0.717, 1.165) is 43.6 Å². The Labute approximate surface area is 177 Å². The fraction of sp³-hybridized carbons (Fsp3) is 0.550. The van der Waals surface area contributed by atoms with Gasteiger partial charge in [0.2, 0.25) is 0 Å². The number of rotatable bonds is 11. The third-order valence-corrected chi connectivity index (χ3v) is 4.48. The molecule has 29 heavy (non-hydrogen) atoms. The van der Waals surface area contributed by atoms with Crippen LogP contribution in [0.15, 0.2) is 29.3 Å². The van der Waals surface area contributed by atoms with E-state index in [9.17, 15) is 0 Å². The second-order valence-corrected chi connectivity index (χ2v) is 7.06. The van der Waals surface area contributed by atoms with Crippen LogP contribution in [-0.4, -0.2) is 53.1 Å². The molecule has 2 N–H and O–H groups in total. The molecule has 0 spiro atoms. The van der Waals surface area contributed by atoms with E-state index >= 15 is 0 Å². The number of nitrogens with one attached hydrogen (secondary N) is 2. The third kappa shape index (κ3) is 8.29. The summed E-state index contributed by atoms with van der Waals surface area (Å²) in [5.41, 5.74) is 0. The summed E-state index contributed by atoms with van der Waals surface area (Å²) in [4.78, 5) is 4.63. The first-order valence-electron chi connectivity index (χ1n) is 9.86. The molecular formula is C20H31ClN6O2. The highest BCUT2D eigenvalue weighted by Gasteiger charge is 2.08. The van der Waals surface area contributed by atoms with Crippen LogP contribution in [-0.2, 0) is 18.3 Å². The van der Waals surface area contributed by atoms with Crippen molar-refractivity contribution >= 4 is 17.6 Å². The van der Waals surface area contributed by atoms with Gasteiger partial charge in [-0.1, -0.05) is 11.6 Å². The predicted octanol–water partition coefficient (Wildman–Crippen LogP) is 2.71. The highest BCUT2D eigenvalue weighted by atomic mass is 35.5. The molecule has 160 valence electrons. The van der Waals surface area contributed by atoms with E-state index in [-0.39, 0.29) is 6.10 Å². The van der Waals surface area contributed by atoms with Crippen molar-refractivity contribution in [2.75, 3.05) is 26.3 Å². The number of halogens is 1. The Morgan fingerprint density at radius 3 is 2.66 bits per heavy atom. The zero-order valence-corrected chi connectivity index (χ0v) is 18.4. The van der Waals surface area contributed by atoms with Gasteiger partial charge in [0.1, 0.15) is 24.2 Å². The maximum Gasteiger partial charge on any atom is 0.191 e. The predicted molar refractivity (Wildman–Crippen MR) is 116 cm³/mol. The average molecular weight is 423 g/mol. The quantitative estimate of drug-likeness (QED) is 0.329. The normalized spacial score (nSPS) is 12.7. The molecule has 0 aliphatic rings. The fourth-order valence-electron chi connectivity index (χ4n) is 2.47. The number of ether oxygens (including phenoxy) is 2. The van der Waals surface area contributed by atoms with Gasteiger partial charge in [-0.15, -0.1) is 10.2 Å². The van der Waals surface area contributed by atoms with Crippen LogP contribution in [0.5, 0.6) is 5.75 Å². The number of hydrogen-bond donors (Lipinski definition) is 2. The smallest absolute Gasteiger partial charge is 0.191 e. The minimum absolute atomic E-state index is 0.0522. The van der Waals surface area contributed by atoms with Crippen LogP contribution in [0, 0.1) is 6.92 Å². The maximum absolute atomic E-state index is 5.92. The van der Waals surface area contributed by atoms with Gasteiger partial charge in [-0.2, -0.15) is 0 Å². The summed E-state index contributed by atoms with van der Waals surface area (Å²) in [5, 5.41) is 15.6. The van der Waals surface area contributed by atoms with Gasteiger partial charge in [0.05, 0.1) is 6.54 Å². The average Bonchev–Trinajstić information content (AvgIpc) is 3.03. The number of aryl methyl sites for hydroxylation is 1. The fourth-order valence-corrected chi connectivity index (χ4v) is 2.59. The second kappa shape index (κ2) is 12.3. The summed E-state index contributed by atoms with van der Waals surface area (Å²) in [6.45, 7) is 9.15. The minimum Gasteiger partial charge on any atom is -0.489 e. The molecule has 2 aromatic rings. The molecule has 1 unspecified atom stereocenters. The highest BCUT2D eigenvalue weighted by molar-refractivity contribution is 6.30. The van der Waals surface area contributed by atoms with E-state index in [1.165, 1.54) is 0 Å². The van der Waals surface area contributed by atoms with Gasteiger partial charge >= 0.3 is 0 Å². The Kier molecular flexibility index (Phi) is 9.73. The van der Waals surface area contributed by atoms with Gasteiger partial charge in [-0.25, -0.2) is 4.99 Å². The Balaban J connectivity index is 1.89. The van der Waals surface area contributed by atoms with Gasteiger partial charge in [-0.3, -0.25) is 0 Å². The van der Waals surface area contributed by atoms with Crippen LogP contribution < -0.4 is 15.4 Å². The molecule has 0 saturated carbocycles. The van der Waals surface area contributed by atoms with Gasteiger partial charge in [-0.05, 0) is 51.5 Å². The number of nitrogens with zero attached hydrogens (tertiary/aromatic N) is 4. The van der Waals surface area contributed by atoms with Gasteiger partial charge in [0, 0.05) is 31.8 Å². The summed E-state index contributed by atoms with van der Waals surface area (Å²) in [6.07, 6.45) is 0.845. The topological polar surface area (TPSA) is 85.6 Å². The van der Waals surface area contributed by atoms with Gasteiger partial charge in [0.25, 0.3) is 0 Å². The first-order valence-corrected chi connectivity index (χ1v) is 10.2. The Bertz CT molecular complexity index is 763.